The van der Waals surface area contributed by atoms with E-state index in [2.05, 4.69) is 49.7 Å². The summed E-state index contributed by atoms with van der Waals surface area (Å²) in [7, 11) is 0. The molecule has 0 unspecified atom stereocenters. The molecule has 5 heteroatoms. The molecule has 1 saturated carbocycles. The fraction of sp³-hybridized carbons (Fsp3) is 0.875. The summed E-state index contributed by atoms with van der Waals surface area (Å²) < 4.78 is 11.9. The van der Waals surface area contributed by atoms with Gasteiger partial charge in [0.2, 0.25) is 5.89 Å². The molecule has 2 fully saturated rings. The maximum atomic E-state index is 6.42. The zero-order valence-corrected chi connectivity index (χ0v) is 13.9. The summed E-state index contributed by atoms with van der Waals surface area (Å²) in [6.07, 6.45) is 4.78. The fourth-order valence-corrected chi connectivity index (χ4v) is 3.58. The van der Waals surface area contributed by atoms with Crippen molar-refractivity contribution in [2.45, 2.75) is 76.9 Å². The number of anilines is 1. The van der Waals surface area contributed by atoms with Gasteiger partial charge < -0.3 is 14.2 Å². The molecule has 2 aliphatic rings. The summed E-state index contributed by atoms with van der Waals surface area (Å²) >= 11 is 0. The van der Waals surface area contributed by atoms with E-state index in [4.69, 9.17) is 9.26 Å². The van der Waals surface area contributed by atoms with Gasteiger partial charge in [-0.15, -0.1) is 0 Å². The van der Waals surface area contributed by atoms with Crippen molar-refractivity contribution < 1.29 is 9.26 Å². The standard InChI is InChI=1S/C16H27N3O2/c1-14(2,3)12-17-13(18-20-12)19-10-15(4,5)21-16(11-19)8-6-7-9-16/h6-11H2,1-5H3. The molecule has 0 aromatic carbocycles. The molecule has 0 radical (unpaired) electrons. The lowest BCUT2D eigenvalue weighted by Crippen LogP contribution is -2.59. The van der Waals surface area contributed by atoms with E-state index in [9.17, 15) is 0 Å². The number of rotatable bonds is 1. The zero-order valence-electron chi connectivity index (χ0n) is 13.9. The molecule has 0 amide bonds. The van der Waals surface area contributed by atoms with E-state index in [0.717, 1.165) is 25.9 Å². The van der Waals surface area contributed by atoms with Gasteiger partial charge in [0.15, 0.2) is 0 Å². The van der Waals surface area contributed by atoms with Crippen molar-refractivity contribution in [1.29, 1.82) is 0 Å². The van der Waals surface area contributed by atoms with Crippen LogP contribution in [0.1, 0.15) is 66.2 Å². The summed E-state index contributed by atoms with van der Waals surface area (Å²) in [6.45, 7) is 12.3. The summed E-state index contributed by atoms with van der Waals surface area (Å²) in [5.41, 5.74) is -0.312. The molecular weight excluding hydrogens is 266 g/mol. The minimum atomic E-state index is -0.175. The second-order valence-corrected chi connectivity index (χ2v) is 8.26. The van der Waals surface area contributed by atoms with Gasteiger partial charge in [-0.3, -0.25) is 0 Å². The van der Waals surface area contributed by atoms with Crippen molar-refractivity contribution in [1.82, 2.24) is 10.1 Å². The molecule has 1 spiro atoms. The van der Waals surface area contributed by atoms with Gasteiger partial charge in [-0.05, 0) is 31.8 Å². The number of aromatic nitrogens is 2. The maximum absolute atomic E-state index is 6.42. The van der Waals surface area contributed by atoms with Crippen molar-refractivity contribution in [2.75, 3.05) is 18.0 Å². The van der Waals surface area contributed by atoms with Crippen LogP contribution in [-0.2, 0) is 10.2 Å². The maximum Gasteiger partial charge on any atom is 0.266 e. The topological polar surface area (TPSA) is 51.4 Å². The van der Waals surface area contributed by atoms with Gasteiger partial charge >= 0.3 is 0 Å². The third-order valence-corrected chi connectivity index (χ3v) is 4.40. The Hall–Kier alpha value is -1.10. The lowest BCUT2D eigenvalue weighted by molar-refractivity contribution is -0.148. The minimum absolute atomic E-state index is 0.0235. The Labute approximate surface area is 127 Å². The first kappa shape index (κ1) is 14.8. The molecule has 0 bridgehead atoms. The van der Waals surface area contributed by atoms with Crippen LogP contribution in [0.5, 0.6) is 0 Å². The van der Waals surface area contributed by atoms with Crippen LogP contribution >= 0.6 is 0 Å². The van der Waals surface area contributed by atoms with Gasteiger partial charge in [0.05, 0.1) is 17.7 Å². The number of nitrogens with zero attached hydrogens (tertiary/aromatic N) is 3. The average molecular weight is 293 g/mol. The highest BCUT2D eigenvalue weighted by molar-refractivity contribution is 5.32. The number of hydrogen-bond donors (Lipinski definition) is 0. The Balaban J connectivity index is 1.85. The van der Waals surface area contributed by atoms with E-state index >= 15 is 0 Å². The smallest absolute Gasteiger partial charge is 0.266 e. The van der Waals surface area contributed by atoms with Crippen molar-refractivity contribution in [3.8, 4) is 0 Å². The molecule has 0 atom stereocenters. The normalized spacial score (nSPS) is 24.7. The van der Waals surface area contributed by atoms with Crippen molar-refractivity contribution in [2.24, 2.45) is 0 Å². The highest BCUT2D eigenvalue weighted by Gasteiger charge is 2.46. The van der Waals surface area contributed by atoms with Crippen LogP contribution in [0.4, 0.5) is 5.95 Å². The van der Waals surface area contributed by atoms with Crippen LogP contribution < -0.4 is 4.90 Å². The van der Waals surface area contributed by atoms with Crippen LogP contribution in [-0.4, -0.2) is 34.4 Å². The van der Waals surface area contributed by atoms with Crippen molar-refractivity contribution in [3.63, 3.8) is 0 Å². The molecule has 1 saturated heterocycles. The highest BCUT2D eigenvalue weighted by atomic mass is 16.5. The molecule has 118 valence electrons. The van der Waals surface area contributed by atoms with Gasteiger partial charge in [-0.2, -0.15) is 4.98 Å². The van der Waals surface area contributed by atoms with Crippen LogP contribution in [0.3, 0.4) is 0 Å². The molecule has 5 nitrogen and oxygen atoms in total. The second kappa shape index (κ2) is 4.70. The highest BCUT2D eigenvalue weighted by Crippen LogP contribution is 2.41. The Kier molecular flexibility index (Phi) is 3.32. The van der Waals surface area contributed by atoms with Crippen LogP contribution in [0.15, 0.2) is 4.52 Å². The number of ether oxygens (including phenoxy) is 1. The largest absolute Gasteiger partial charge is 0.365 e. The van der Waals surface area contributed by atoms with Gasteiger partial charge in [0.1, 0.15) is 0 Å². The molecule has 3 rings (SSSR count). The van der Waals surface area contributed by atoms with Gasteiger partial charge in [0.25, 0.3) is 5.95 Å². The molecular formula is C16H27N3O2. The third kappa shape index (κ3) is 2.93. The summed E-state index contributed by atoms with van der Waals surface area (Å²) in [4.78, 5) is 6.86. The summed E-state index contributed by atoms with van der Waals surface area (Å²) in [6, 6.07) is 0. The lowest BCUT2D eigenvalue weighted by atomic mass is 9.94. The molecule has 21 heavy (non-hydrogen) atoms. The Morgan fingerprint density at radius 1 is 1.10 bits per heavy atom. The Morgan fingerprint density at radius 2 is 1.76 bits per heavy atom. The van der Waals surface area contributed by atoms with E-state index in [1.807, 2.05) is 0 Å². The van der Waals surface area contributed by atoms with Crippen LogP contribution in [0.25, 0.3) is 0 Å². The summed E-state index contributed by atoms with van der Waals surface area (Å²) in [5.74, 6) is 1.41. The quantitative estimate of drug-likeness (QED) is 0.795. The molecule has 0 N–H and O–H groups in total. The van der Waals surface area contributed by atoms with Gasteiger partial charge in [0, 0.05) is 12.0 Å². The van der Waals surface area contributed by atoms with Crippen molar-refractivity contribution >= 4 is 5.95 Å². The van der Waals surface area contributed by atoms with E-state index in [1.54, 1.807) is 0 Å². The molecule has 1 aliphatic heterocycles. The first-order chi connectivity index (χ1) is 9.69. The number of hydrogen-bond acceptors (Lipinski definition) is 5. The second-order valence-electron chi connectivity index (χ2n) is 8.26. The van der Waals surface area contributed by atoms with E-state index in [0.29, 0.717) is 11.8 Å². The van der Waals surface area contributed by atoms with E-state index in [-0.39, 0.29) is 16.6 Å². The van der Waals surface area contributed by atoms with E-state index in [1.165, 1.54) is 12.8 Å². The molecule has 1 aromatic rings. The molecule has 1 aliphatic carbocycles. The number of morpholine rings is 1. The monoisotopic (exact) mass is 293 g/mol. The third-order valence-electron chi connectivity index (χ3n) is 4.40. The first-order valence-corrected chi connectivity index (χ1v) is 7.99. The minimum Gasteiger partial charge on any atom is -0.365 e. The predicted octanol–water partition coefficient (Wildman–Crippen LogP) is 3.30. The van der Waals surface area contributed by atoms with Gasteiger partial charge in [-0.1, -0.05) is 33.6 Å². The fourth-order valence-electron chi connectivity index (χ4n) is 3.58. The average Bonchev–Trinajstić information content (AvgIpc) is 2.94. The van der Waals surface area contributed by atoms with Crippen LogP contribution in [0, 0.1) is 0 Å². The Bertz CT molecular complexity index is 510. The zero-order chi connectivity index (χ0) is 15.3. The first-order valence-electron chi connectivity index (χ1n) is 7.99. The predicted molar refractivity (Wildman–Crippen MR) is 81.6 cm³/mol. The van der Waals surface area contributed by atoms with Gasteiger partial charge in [-0.25, -0.2) is 0 Å². The molecule has 1 aromatic heterocycles. The summed E-state index contributed by atoms with van der Waals surface area (Å²) in [5, 5.41) is 4.21. The van der Waals surface area contributed by atoms with E-state index < -0.39 is 0 Å². The lowest BCUT2D eigenvalue weighted by Gasteiger charge is -2.48. The Morgan fingerprint density at radius 3 is 2.33 bits per heavy atom. The SMILES string of the molecule is CC1(C)CN(c2noc(C(C)(C)C)n2)CC2(CCCC2)O1. The van der Waals surface area contributed by atoms with Crippen LogP contribution in [0.2, 0.25) is 0 Å². The molecule has 2 heterocycles. The van der Waals surface area contributed by atoms with Crippen molar-refractivity contribution in [3.05, 3.63) is 5.89 Å².